The molecule has 0 aliphatic carbocycles. The van der Waals surface area contributed by atoms with Gasteiger partial charge in [-0.2, -0.15) is 5.26 Å². The number of piperidine rings is 1. The zero-order chi connectivity index (χ0) is 16.3. The number of benzene rings is 1. The van der Waals surface area contributed by atoms with Crippen LogP contribution in [0.15, 0.2) is 24.3 Å². The van der Waals surface area contributed by atoms with Crippen LogP contribution in [-0.2, 0) is 14.9 Å². The lowest BCUT2D eigenvalue weighted by Crippen LogP contribution is -2.52. The van der Waals surface area contributed by atoms with Gasteiger partial charge in [0, 0.05) is 32.2 Å². The molecule has 2 aliphatic rings. The topological polar surface area (TPSA) is 53.3 Å². The number of halogens is 1. The van der Waals surface area contributed by atoms with Crippen LogP contribution < -0.4 is 0 Å². The maximum absolute atomic E-state index is 13.3. The summed E-state index contributed by atoms with van der Waals surface area (Å²) in [4.78, 5) is 15.1. The standard InChI is InChI=1S/C18H21FN2O2/c19-16-3-1-15(2-4-16)18(7-11-23-12-8-18)17(22)21-9-5-14(13-20)6-10-21/h1-4,14H,5-12H2. The van der Waals surface area contributed by atoms with Gasteiger partial charge in [0.15, 0.2) is 0 Å². The number of nitrogens with zero attached hydrogens (tertiary/aromatic N) is 2. The molecule has 0 radical (unpaired) electrons. The van der Waals surface area contributed by atoms with Crippen LogP contribution in [0, 0.1) is 23.1 Å². The second-order valence-corrected chi connectivity index (χ2v) is 6.40. The Kier molecular flexibility index (Phi) is 4.63. The van der Waals surface area contributed by atoms with E-state index < -0.39 is 5.41 Å². The van der Waals surface area contributed by atoms with E-state index in [0.29, 0.717) is 39.1 Å². The first kappa shape index (κ1) is 15.9. The molecule has 2 fully saturated rings. The molecule has 0 aromatic heterocycles. The largest absolute Gasteiger partial charge is 0.381 e. The second kappa shape index (κ2) is 6.67. The van der Waals surface area contributed by atoms with Crippen molar-refractivity contribution in [3.63, 3.8) is 0 Å². The fourth-order valence-corrected chi connectivity index (χ4v) is 3.63. The van der Waals surface area contributed by atoms with Gasteiger partial charge in [-0.25, -0.2) is 4.39 Å². The van der Waals surface area contributed by atoms with Crippen LogP contribution in [0.5, 0.6) is 0 Å². The third-order valence-corrected chi connectivity index (χ3v) is 5.12. The Morgan fingerprint density at radius 1 is 1.22 bits per heavy atom. The summed E-state index contributed by atoms with van der Waals surface area (Å²) in [6.45, 7) is 2.33. The van der Waals surface area contributed by atoms with Gasteiger partial charge in [0.05, 0.1) is 11.5 Å². The zero-order valence-corrected chi connectivity index (χ0v) is 13.1. The summed E-state index contributed by atoms with van der Waals surface area (Å²) >= 11 is 0. The van der Waals surface area contributed by atoms with Gasteiger partial charge in [0.25, 0.3) is 0 Å². The quantitative estimate of drug-likeness (QED) is 0.843. The first-order chi connectivity index (χ1) is 11.2. The van der Waals surface area contributed by atoms with Crippen molar-refractivity contribution in [3.05, 3.63) is 35.6 Å². The molecule has 0 atom stereocenters. The summed E-state index contributed by atoms with van der Waals surface area (Å²) in [5.74, 6) is -0.141. The Labute approximate surface area is 135 Å². The summed E-state index contributed by atoms with van der Waals surface area (Å²) in [5, 5.41) is 9.01. The van der Waals surface area contributed by atoms with Crippen molar-refractivity contribution in [1.82, 2.24) is 4.90 Å². The third-order valence-electron chi connectivity index (χ3n) is 5.12. The first-order valence-electron chi connectivity index (χ1n) is 8.18. The SMILES string of the molecule is N#CC1CCN(C(=O)C2(c3ccc(F)cc3)CCOCC2)CC1. The van der Waals surface area contributed by atoms with E-state index in [4.69, 9.17) is 10.00 Å². The average molecular weight is 316 g/mol. The maximum Gasteiger partial charge on any atom is 0.233 e. The molecule has 0 bridgehead atoms. The van der Waals surface area contributed by atoms with Crippen molar-refractivity contribution in [2.75, 3.05) is 26.3 Å². The molecule has 1 amide bonds. The molecule has 122 valence electrons. The Bertz CT molecular complexity index is 594. The van der Waals surface area contributed by atoms with Gasteiger partial charge in [-0.05, 0) is 43.4 Å². The Morgan fingerprint density at radius 2 is 1.83 bits per heavy atom. The highest BCUT2D eigenvalue weighted by molar-refractivity contribution is 5.88. The monoisotopic (exact) mass is 316 g/mol. The molecule has 2 aliphatic heterocycles. The van der Waals surface area contributed by atoms with Crippen LogP contribution in [-0.4, -0.2) is 37.1 Å². The van der Waals surface area contributed by atoms with Gasteiger partial charge in [0.1, 0.15) is 5.82 Å². The number of nitriles is 1. The van der Waals surface area contributed by atoms with E-state index in [9.17, 15) is 9.18 Å². The summed E-state index contributed by atoms with van der Waals surface area (Å²) < 4.78 is 18.7. The number of ether oxygens (including phenoxy) is 1. The number of likely N-dealkylation sites (tertiary alicyclic amines) is 1. The molecule has 1 aromatic rings. The zero-order valence-electron chi connectivity index (χ0n) is 13.1. The van der Waals surface area contributed by atoms with Crippen LogP contribution in [0.3, 0.4) is 0 Å². The van der Waals surface area contributed by atoms with Gasteiger partial charge < -0.3 is 9.64 Å². The molecule has 23 heavy (non-hydrogen) atoms. The van der Waals surface area contributed by atoms with E-state index >= 15 is 0 Å². The van der Waals surface area contributed by atoms with E-state index in [1.165, 1.54) is 12.1 Å². The minimum Gasteiger partial charge on any atom is -0.381 e. The van der Waals surface area contributed by atoms with Gasteiger partial charge in [-0.15, -0.1) is 0 Å². The molecule has 4 nitrogen and oxygen atoms in total. The maximum atomic E-state index is 13.3. The molecular formula is C18H21FN2O2. The van der Waals surface area contributed by atoms with Crippen molar-refractivity contribution < 1.29 is 13.9 Å². The molecule has 5 heteroatoms. The van der Waals surface area contributed by atoms with Crippen LogP contribution in [0.1, 0.15) is 31.2 Å². The number of amides is 1. The van der Waals surface area contributed by atoms with Crippen LogP contribution in [0.4, 0.5) is 4.39 Å². The molecule has 1 aromatic carbocycles. The number of rotatable bonds is 2. The summed E-state index contributed by atoms with van der Waals surface area (Å²) in [7, 11) is 0. The molecule has 0 spiro atoms. The Balaban J connectivity index is 1.85. The fraction of sp³-hybridized carbons (Fsp3) is 0.556. The Hall–Kier alpha value is -1.93. The lowest BCUT2D eigenvalue weighted by atomic mass is 9.72. The van der Waals surface area contributed by atoms with Crippen LogP contribution in [0.2, 0.25) is 0 Å². The van der Waals surface area contributed by atoms with Gasteiger partial charge in [0.2, 0.25) is 5.91 Å². The Morgan fingerprint density at radius 3 is 2.39 bits per heavy atom. The molecule has 3 rings (SSSR count). The van der Waals surface area contributed by atoms with E-state index in [1.54, 1.807) is 12.1 Å². The molecule has 0 N–H and O–H groups in total. The molecule has 2 saturated heterocycles. The predicted molar refractivity (Wildman–Crippen MR) is 83.0 cm³/mol. The number of hydrogen-bond acceptors (Lipinski definition) is 3. The van der Waals surface area contributed by atoms with Crippen molar-refractivity contribution in [2.24, 2.45) is 5.92 Å². The van der Waals surface area contributed by atoms with Crippen LogP contribution >= 0.6 is 0 Å². The van der Waals surface area contributed by atoms with Crippen molar-refractivity contribution in [2.45, 2.75) is 31.1 Å². The van der Waals surface area contributed by atoms with Crippen molar-refractivity contribution in [3.8, 4) is 6.07 Å². The fourth-order valence-electron chi connectivity index (χ4n) is 3.63. The van der Waals surface area contributed by atoms with Crippen molar-refractivity contribution in [1.29, 1.82) is 5.26 Å². The minimum atomic E-state index is -0.620. The van der Waals surface area contributed by atoms with Crippen LogP contribution in [0.25, 0.3) is 0 Å². The van der Waals surface area contributed by atoms with E-state index in [0.717, 1.165) is 18.4 Å². The summed E-state index contributed by atoms with van der Waals surface area (Å²) in [6.07, 6.45) is 2.71. The van der Waals surface area contributed by atoms with E-state index in [-0.39, 0.29) is 17.6 Å². The summed E-state index contributed by atoms with van der Waals surface area (Å²) in [5.41, 5.74) is 0.250. The molecule has 0 unspecified atom stereocenters. The highest BCUT2D eigenvalue weighted by atomic mass is 19.1. The lowest BCUT2D eigenvalue weighted by molar-refractivity contribution is -0.142. The second-order valence-electron chi connectivity index (χ2n) is 6.40. The molecule has 0 saturated carbocycles. The van der Waals surface area contributed by atoms with Gasteiger partial charge >= 0.3 is 0 Å². The predicted octanol–water partition coefficient (Wildman–Crippen LogP) is 2.64. The number of carbonyl (C=O) groups excluding carboxylic acids is 1. The average Bonchev–Trinajstić information content (AvgIpc) is 2.62. The first-order valence-corrected chi connectivity index (χ1v) is 8.18. The molecular weight excluding hydrogens is 295 g/mol. The van der Waals surface area contributed by atoms with Crippen molar-refractivity contribution >= 4 is 5.91 Å². The number of hydrogen-bond donors (Lipinski definition) is 0. The number of carbonyl (C=O) groups is 1. The smallest absolute Gasteiger partial charge is 0.233 e. The molecule has 2 heterocycles. The normalized spacial score (nSPS) is 21.7. The third kappa shape index (κ3) is 3.09. The highest BCUT2D eigenvalue weighted by Gasteiger charge is 2.44. The van der Waals surface area contributed by atoms with E-state index in [2.05, 4.69) is 6.07 Å². The van der Waals surface area contributed by atoms with E-state index in [1.807, 2.05) is 4.90 Å². The van der Waals surface area contributed by atoms with Gasteiger partial charge in [-0.1, -0.05) is 12.1 Å². The van der Waals surface area contributed by atoms with Gasteiger partial charge in [-0.3, -0.25) is 4.79 Å². The minimum absolute atomic E-state index is 0.0514. The lowest BCUT2D eigenvalue weighted by Gasteiger charge is -2.41. The summed E-state index contributed by atoms with van der Waals surface area (Å²) in [6, 6.07) is 8.57. The highest BCUT2D eigenvalue weighted by Crippen LogP contribution is 2.37.